The number of aryl methyl sites for hydroxylation is 1. The summed E-state index contributed by atoms with van der Waals surface area (Å²) in [5.74, 6) is 0. The van der Waals surface area contributed by atoms with Crippen molar-refractivity contribution in [3.05, 3.63) is 36.0 Å². The van der Waals surface area contributed by atoms with Crippen LogP contribution < -0.4 is 0 Å². The predicted octanol–water partition coefficient (Wildman–Crippen LogP) is 2.97. The Balaban J connectivity index is 2.43. The van der Waals surface area contributed by atoms with Gasteiger partial charge in [0.05, 0.1) is 11.7 Å². The van der Waals surface area contributed by atoms with Crippen LogP contribution in [0, 0.1) is 0 Å². The first-order valence-corrected chi connectivity index (χ1v) is 5.11. The van der Waals surface area contributed by atoms with E-state index in [0.29, 0.717) is 0 Å². The second-order valence-electron chi connectivity index (χ2n) is 3.49. The highest BCUT2D eigenvalue weighted by atomic mass is 15.1. The number of unbranched alkanes of at least 4 members (excludes halogenated alkanes) is 1. The van der Waals surface area contributed by atoms with Gasteiger partial charge in [0.2, 0.25) is 0 Å². The number of nitrogens with zero attached hydrogens (tertiary/aromatic N) is 2. The van der Waals surface area contributed by atoms with Crippen LogP contribution >= 0.6 is 0 Å². The highest BCUT2D eigenvalue weighted by Crippen LogP contribution is 2.16. The SMILES string of the molecule is CCCCc1cnnc2ccccc12. The zero-order valence-corrected chi connectivity index (χ0v) is 8.40. The third-order valence-electron chi connectivity index (χ3n) is 2.43. The molecule has 2 nitrogen and oxygen atoms in total. The zero-order chi connectivity index (χ0) is 9.80. The summed E-state index contributed by atoms with van der Waals surface area (Å²) in [5, 5.41) is 9.36. The molecule has 1 heterocycles. The molecule has 2 heteroatoms. The fourth-order valence-electron chi connectivity index (χ4n) is 1.63. The Labute approximate surface area is 84.0 Å². The molecule has 0 N–H and O–H groups in total. The van der Waals surface area contributed by atoms with Crippen molar-refractivity contribution in [3.63, 3.8) is 0 Å². The molecule has 0 atom stereocenters. The summed E-state index contributed by atoms with van der Waals surface area (Å²) in [6, 6.07) is 8.19. The Kier molecular flexibility index (Phi) is 2.73. The molecular weight excluding hydrogens is 172 g/mol. The molecule has 0 saturated carbocycles. The molecule has 1 aromatic carbocycles. The van der Waals surface area contributed by atoms with Crippen molar-refractivity contribution >= 4 is 10.9 Å². The number of fused-ring (bicyclic) bond motifs is 1. The maximum atomic E-state index is 4.10. The van der Waals surface area contributed by atoms with Crippen LogP contribution in [0.3, 0.4) is 0 Å². The van der Waals surface area contributed by atoms with Gasteiger partial charge in [0.25, 0.3) is 0 Å². The Bertz CT molecular complexity index is 418. The van der Waals surface area contributed by atoms with Crippen molar-refractivity contribution in [1.82, 2.24) is 10.2 Å². The molecule has 0 amide bonds. The molecule has 2 aromatic rings. The zero-order valence-electron chi connectivity index (χ0n) is 8.40. The first-order valence-electron chi connectivity index (χ1n) is 5.11. The van der Waals surface area contributed by atoms with Gasteiger partial charge in [0, 0.05) is 5.39 Å². The van der Waals surface area contributed by atoms with Gasteiger partial charge in [0.15, 0.2) is 0 Å². The molecule has 2 rings (SSSR count). The Morgan fingerprint density at radius 2 is 2.07 bits per heavy atom. The fraction of sp³-hybridized carbons (Fsp3) is 0.333. The lowest BCUT2D eigenvalue weighted by Gasteiger charge is -2.03. The van der Waals surface area contributed by atoms with Crippen molar-refractivity contribution in [2.45, 2.75) is 26.2 Å². The van der Waals surface area contributed by atoms with Gasteiger partial charge in [-0.25, -0.2) is 0 Å². The first kappa shape index (κ1) is 9.13. The maximum Gasteiger partial charge on any atom is 0.0932 e. The monoisotopic (exact) mass is 186 g/mol. The maximum absolute atomic E-state index is 4.10. The minimum atomic E-state index is 1.00. The molecule has 0 spiro atoms. The van der Waals surface area contributed by atoms with Crippen LogP contribution in [-0.2, 0) is 6.42 Å². The summed E-state index contributed by atoms with van der Waals surface area (Å²) < 4.78 is 0. The number of benzene rings is 1. The number of aromatic nitrogens is 2. The van der Waals surface area contributed by atoms with Crippen molar-refractivity contribution in [3.8, 4) is 0 Å². The van der Waals surface area contributed by atoms with Crippen molar-refractivity contribution < 1.29 is 0 Å². The average molecular weight is 186 g/mol. The molecule has 0 aliphatic rings. The van der Waals surface area contributed by atoms with E-state index in [1.807, 2.05) is 18.3 Å². The third kappa shape index (κ3) is 1.74. The van der Waals surface area contributed by atoms with Crippen LogP contribution in [0.4, 0.5) is 0 Å². The molecule has 0 bridgehead atoms. The molecule has 0 fully saturated rings. The van der Waals surface area contributed by atoms with Crippen LogP contribution in [0.5, 0.6) is 0 Å². The van der Waals surface area contributed by atoms with Crippen LogP contribution in [-0.4, -0.2) is 10.2 Å². The summed E-state index contributed by atoms with van der Waals surface area (Å²) in [7, 11) is 0. The largest absolute Gasteiger partial charge is 0.158 e. The summed E-state index contributed by atoms with van der Waals surface area (Å²) in [6.45, 7) is 2.21. The minimum Gasteiger partial charge on any atom is -0.158 e. The van der Waals surface area contributed by atoms with Gasteiger partial charge in [-0.05, 0) is 24.5 Å². The Morgan fingerprint density at radius 3 is 2.93 bits per heavy atom. The number of rotatable bonds is 3. The quantitative estimate of drug-likeness (QED) is 0.736. The lowest BCUT2D eigenvalue weighted by atomic mass is 10.1. The summed E-state index contributed by atoms with van der Waals surface area (Å²) >= 11 is 0. The second kappa shape index (κ2) is 4.18. The van der Waals surface area contributed by atoms with Crippen LogP contribution in [0.2, 0.25) is 0 Å². The topological polar surface area (TPSA) is 25.8 Å². The lowest BCUT2D eigenvalue weighted by Crippen LogP contribution is -1.91. The molecule has 0 aliphatic heterocycles. The van der Waals surface area contributed by atoms with E-state index in [4.69, 9.17) is 0 Å². The van der Waals surface area contributed by atoms with Gasteiger partial charge in [-0.2, -0.15) is 10.2 Å². The summed E-state index contributed by atoms with van der Waals surface area (Å²) in [4.78, 5) is 0. The highest BCUT2D eigenvalue weighted by Gasteiger charge is 2.00. The van der Waals surface area contributed by atoms with E-state index in [0.717, 1.165) is 11.9 Å². The molecule has 14 heavy (non-hydrogen) atoms. The Hall–Kier alpha value is -1.44. The van der Waals surface area contributed by atoms with Gasteiger partial charge in [-0.15, -0.1) is 0 Å². The lowest BCUT2D eigenvalue weighted by molar-refractivity contribution is 0.793. The van der Waals surface area contributed by atoms with Crippen LogP contribution in [0.25, 0.3) is 10.9 Å². The number of hydrogen-bond donors (Lipinski definition) is 0. The smallest absolute Gasteiger partial charge is 0.0932 e. The van der Waals surface area contributed by atoms with E-state index in [2.05, 4.69) is 29.3 Å². The normalized spacial score (nSPS) is 10.6. The molecule has 72 valence electrons. The third-order valence-corrected chi connectivity index (χ3v) is 2.43. The van der Waals surface area contributed by atoms with Gasteiger partial charge < -0.3 is 0 Å². The van der Waals surface area contributed by atoms with Gasteiger partial charge in [-0.3, -0.25) is 0 Å². The summed E-state index contributed by atoms with van der Waals surface area (Å²) in [5.41, 5.74) is 2.32. The Morgan fingerprint density at radius 1 is 1.21 bits per heavy atom. The van der Waals surface area contributed by atoms with Gasteiger partial charge in [0.1, 0.15) is 0 Å². The van der Waals surface area contributed by atoms with E-state index in [-0.39, 0.29) is 0 Å². The molecule has 0 unspecified atom stereocenters. The predicted molar refractivity (Wildman–Crippen MR) is 58.2 cm³/mol. The van der Waals surface area contributed by atoms with Crippen molar-refractivity contribution in [2.24, 2.45) is 0 Å². The van der Waals surface area contributed by atoms with Crippen molar-refractivity contribution in [1.29, 1.82) is 0 Å². The van der Waals surface area contributed by atoms with E-state index in [9.17, 15) is 0 Å². The van der Waals surface area contributed by atoms with Gasteiger partial charge >= 0.3 is 0 Å². The van der Waals surface area contributed by atoms with Crippen LogP contribution in [0.15, 0.2) is 30.5 Å². The standard InChI is InChI=1S/C12H14N2/c1-2-3-6-10-9-13-14-12-8-5-4-7-11(10)12/h4-5,7-9H,2-3,6H2,1H3. The molecule has 0 radical (unpaired) electrons. The first-order chi connectivity index (χ1) is 6.92. The van der Waals surface area contributed by atoms with Crippen molar-refractivity contribution in [2.75, 3.05) is 0 Å². The molecular formula is C12H14N2. The molecule has 1 aromatic heterocycles. The van der Waals surface area contributed by atoms with E-state index in [1.54, 1.807) is 0 Å². The van der Waals surface area contributed by atoms with E-state index < -0.39 is 0 Å². The second-order valence-corrected chi connectivity index (χ2v) is 3.49. The highest BCUT2D eigenvalue weighted by molar-refractivity contribution is 5.81. The van der Waals surface area contributed by atoms with E-state index in [1.165, 1.54) is 23.8 Å². The average Bonchev–Trinajstić information content (AvgIpc) is 2.26. The molecule has 0 aliphatic carbocycles. The number of hydrogen-bond acceptors (Lipinski definition) is 2. The minimum absolute atomic E-state index is 1.00. The van der Waals surface area contributed by atoms with Gasteiger partial charge in [-0.1, -0.05) is 31.5 Å². The van der Waals surface area contributed by atoms with Crippen LogP contribution in [0.1, 0.15) is 25.3 Å². The fourth-order valence-corrected chi connectivity index (χ4v) is 1.63. The summed E-state index contributed by atoms with van der Waals surface area (Å²) in [6.07, 6.45) is 5.43. The molecule has 0 saturated heterocycles. The van der Waals surface area contributed by atoms with E-state index >= 15 is 0 Å².